The molecule has 102 valence electrons. The lowest BCUT2D eigenvalue weighted by Crippen LogP contribution is -2.08. The van der Waals surface area contributed by atoms with E-state index in [2.05, 4.69) is 22.0 Å². The molecule has 1 aromatic heterocycles. The highest BCUT2D eigenvalue weighted by Gasteiger charge is 2.10. The van der Waals surface area contributed by atoms with Crippen molar-refractivity contribution in [1.29, 1.82) is 0 Å². The van der Waals surface area contributed by atoms with Gasteiger partial charge in [-0.3, -0.25) is 0 Å². The molecule has 0 fully saturated rings. The van der Waals surface area contributed by atoms with Gasteiger partial charge >= 0.3 is 0 Å². The van der Waals surface area contributed by atoms with Crippen molar-refractivity contribution >= 4 is 27.3 Å². The van der Waals surface area contributed by atoms with Crippen molar-refractivity contribution in [3.8, 4) is 11.5 Å². The quantitative estimate of drug-likeness (QED) is 0.889. The molecule has 5 heteroatoms. The molecule has 0 amide bonds. The highest BCUT2D eigenvalue weighted by atomic mass is 79.9. The van der Waals surface area contributed by atoms with Crippen LogP contribution in [-0.4, -0.2) is 7.11 Å². The summed E-state index contributed by atoms with van der Waals surface area (Å²) >= 11 is 5.09. The van der Waals surface area contributed by atoms with Gasteiger partial charge in [0.1, 0.15) is 18.1 Å². The van der Waals surface area contributed by atoms with E-state index in [1.54, 1.807) is 18.4 Å². The Hall–Kier alpha value is -1.04. The Morgan fingerprint density at radius 1 is 1.37 bits per heavy atom. The molecule has 1 heterocycles. The van der Waals surface area contributed by atoms with Crippen LogP contribution in [-0.2, 0) is 6.61 Å². The lowest BCUT2D eigenvalue weighted by molar-refractivity contribution is 0.302. The molecule has 3 nitrogen and oxygen atoms in total. The van der Waals surface area contributed by atoms with Crippen molar-refractivity contribution in [2.45, 2.75) is 19.6 Å². The van der Waals surface area contributed by atoms with Crippen LogP contribution in [0.25, 0.3) is 0 Å². The van der Waals surface area contributed by atoms with Crippen LogP contribution in [0.2, 0.25) is 0 Å². The highest BCUT2D eigenvalue weighted by Crippen LogP contribution is 2.30. The third-order valence-corrected chi connectivity index (χ3v) is 4.37. The van der Waals surface area contributed by atoms with E-state index in [1.807, 2.05) is 30.5 Å². The third kappa shape index (κ3) is 3.72. The van der Waals surface area contributed by atoms with Crippen LogP contribution in [0.3, 0.4) is 0 Å². The maximum Gasteiger partial charge on any atom is 0.128 e. The lowest BCUT2D eigenvalue weighted by Gasteiger charge is -2.14. The van der Waals surface area contributed by atoms with Gasteiger partial charge in [-0.1, -0.05) is 6.07 Å². The summed E-state index contributed by atoms with van der Waals surface area (Å²) in [5.74, 6) is 1.55. The van der Waals surface area contributed by atoms with E-state index in [-0.39, 0.29) is 6.04 Å². The molecule has 2 N–H and O–H groups in total. The Morgan fingerprint density at radius 2 is 2.16 bits per heavy atom. The van der Waals surface area contributed by atoms with E-state index >= 15 is 0 Å². The van der Waals surface area contributed by atoms with Gasteiger partial charge in [0.25, 0.3) is 0 Å². The number of benzene rings is 1. The molecule has 0 radical (unpaired) electrons. The summed E-state index contributed by atoms with van der Waals surface area (Å²) in [6.07, 6.45) is 0. The Bertz CT molecular complexity index is 554. The molecule has 0 aliphatic heterocycles. The fraction of sp³-hybridized carbons (Fsp3) is 0.286. The molecule has 0 saturated carbocycles. The highest BCUT2D eigenvalue weighted by molar-refractivity contribution is 9.10. The largest absolute Gasteiger partial charge is 0.497 e. The fourth-order valence-corrected chi connectivity index (χ4v) is 3.08. The Morgan fingerprint density at radius 3 is 2.74 bits per heavy atom. The maximum atomic E-state index is 5.95. The van der Waals surface area contributed by atoms with Gasteiger partial charge in [0, 0.05) is 32.4 Å². The topological polar surface area (TPSA) is 44.5 Å². The molecule has 0 aliphatic carbocycles. The van der Waals surface area contributed by atoms with Gasteiger partial charge in [-0.25, -0.2) is 0 Å². The maximum absolute atomic E-state index is 5.95. The van der Waals surface area contributed by atoms with Gasteiger partial charge in [0.15, 0.2) is 0 Å². The van der Waals surface area contributed by atoms with Crippen molar-refractivity contribution in [3.63, 3.8) is 0 Å². The van der Waals surface area contributed by atoms with Crippen molar-refractivity contribution in [3.05, 3.63) is 44.6 Å². The van der Waals surface area contributed by atoms with Crippen molar-refractivity contribution in [2.75, 3.05) is 7.11 Å². The zero-order chi connectivity index (χ0) is 13.8. The van der Waals surface area contributed by atoms with E-state index in [0.717, 1.165) is 26.4 Å². The summed E-state index contributed by atoms with van der Waals surface area (Å²) in [4.78, 5) is 1.16. The number of hydrogen-bond acceptors (Lipinski definition) is 4. The minimum atomic E-state index is -0.0732. The van der Waals surface area contributed by atoms with Gasteiger partial charge in [-0.15, -0.1) is 11.3 Å². The molecular weight excluding hydrogens is 326 g/mol. The van der Waals surface area contributed by atoms with E-state index in [0.29, 0.717) is 6.61 Å². The molecule has 0 aliphatic rings. The zero-order valence-electron chi connectivity index (χ0n) is 10.9. The molecule has 0 spiro atoms. The van der Waals surface area contributed by atoms with Crippen molar-refractivity contribution in [1.82, 2.24) is 0 Å². The van der Waals surface area contributed by atoms with Gasteiger partial charge < -0.3 is 15.2 Å². The molecule has 2 aromatic rings. The first-order chi connectivity index (χ1) is 9.10. The number of rotatable bonds is 5. The van der Waals surface area contributed by atoms with Crippen LogP contribution in [0.15, 0.2) is 34.1 Å². The van der Waals surface area contributed by atoms with E-state index < -0.39 is 0 Å². The number of ether oxygens (including phenoxy) is 2. The first-order valence-electron chi connectivity index (χ1n) is 5.89. The minimum Gasteiger partial charge on any atom is -0.497 e. The number of methoxy groups -OCH3 is 1. The summed E-state index contributed by atoms with van der Waals surface area (Å²) < 4.78 is 12.2. The van der Waals surface area contributed by atoms with Crippen LogP contribution >= 0.6 is 27.3 Å². The Balaban J connectivity index is 2.17. The summed E-state index contributed by atoms with van der Waals surface area (Å²) in [6, 6.07) is 7.70. The van der Waals surface area contributed by atoms with Gasteiger partial charge in [-0.05, 0) is 35.0 Å². The fourth-order valence-electron chi connectivity index (χ4n) is 1.72. The zero-order valence-corrected chi connectivity index (χ0v) is 13.3. The monoisotopic (exact) mass is 341 g/mol. The van der Waals surface area contributed by atoms with Crippen LogP contribution in [0.1, 0.15) is 23.4 Å². The molecule has 1 aromatic carbocycles. The predicted molar refractivity (Wildman–Crippen MR) is 81.9 cm³/mol. The van der Waals surface area contributed by atoms with Crippen LogP contribution < -0.4 is 15.2 Å². The first-order valence-corrected chi connectivity index (χ1v) is 7.56. The number of thiophene rings is 1. The molecule has 0 saturated heterocycles. The first kappa shape index (κ1) is 14.4. The van der Waals surface area contributed by atoms with E-state index in [9.17, 15) is 0 Å². The number of nitrogens with two attached hydrogens (primary N) is 1. The van der Waals surface area contributed by atoms with Crippen LogP contribution in [0.5, 0.6) is 11.5 Å². The predicted octanol–water partition coefficient (Wildman–Crippen LogP) is 4.12. The minimum absolute atomic E-state index is 0.0732. The molecule has 0 unspecified atom stereocenters. The molecular formula is C14H16BrNO2S. The molecule has 0 bridgehead atoms. The van der Waals surface area contributed by atoms with Gasteiger partial charge in [0.2, 0.25) is 0 Å². The Labute approximate surface area is 125 Å². The average Bonchev–Trinajstić information content (AvgIpc) is 2.81. The summed E-state index contributed by atoms with van der Waals surface area (Å²) in [5.41, 5.74) is 6.94. The van der Waals surface area contributed by atoms with Crippen molar-refractivity contribution < 1.29 is 9.47 Å². The second-order valence-electron chi connectivity index (χ2n) is 4.21. The molecule has 2 rings (SSSR count). The van der Waals surface area contributed by atoms with Gasteiger partial charge in [-0.2, -0.15) is 0 Å². The summed E-state index contributed by atoms with van der Waals surface area (Å²) in [6.45, 7) is 2.47. The molecule has 1 atom stereocenters. The summed E-state index contributed by atoms with van der Waals surface area (Å²) in [7, 11) is 1.64. The third-order valence-electron chi connectivity index (χ3n) is 2.70. The van der Waals surface area contributed by atoms with Gasteiger partial charge in [0.05, 0.1) is 7.11 Å². The SMILES string of the molecule is COc1ccc([C@H](C)N)c(OCc2cc(Br)cs2)c1. The number of hydrogen-bond donors (Lipinski definition) is 1. The van der Waals surface area contributed by atoms with Crippen LogP contribution in [0.4, 0.5) is 0 Å². The lowest BCUT2D eigenvalue weighted by atomic mass is 10.1. The molecule has 19 heavy (non-hydrogen) atoms. The number of halogens is 1. The Kier molecular flexibility index (Phi) is 4.85. The smallest absolute Gasteiger partial charge is 0.128 e. The summed E-state index contributed by atoms with van der Waals surface area (Å²) in [5, 5.41) is 2.04. The standard InChI is InChI=1S/C14H16BrNO2S/c1-9(16)13-4-3-11(17-2)6-14(13)18-7-12-5-10(15)8-19-12/h3-6,8-9H,7,16H2,1-2H3/t9-/m0/s1. The van der Waals surface area contributed by atoms with Crippen molar-refractivity contribution in [2.24, 2.45) is 5.73 Å². The normalized spacial score (nSPS) is 12.2. The van der Waals surface area contributed by atoms with Crippen LogP contribution in [0, 0.1) is 0 Å². The van der Waals surface area contributed by atoms with E-state index in [4.69, 9.17) is 15.2 Å². The second-order valence-corrected chi connectivity index (χ2v) is 6.12. The van der Waals surface area contributed by atoms with E-state index in [1.165, 1.54) is 0 Å². The second kappa shape index (κ2) is 6.41. The average molecular weight is 342 g/mol.